The highest BCUT2D eigenvalue weighted by Crippen LogP contribution is 2.21. The topological polar surface area (TPSA) is 46.9 Å². The van der Waals surface area contributed by atoms with E-state index in [1.165, 1.54) is 0 Å². The maximum atomic E-state index is 11.1. The van der Waals surface area contributed by atoms with Gasteiger partial charge in [0, 0.05) is 31.6 Å². The smallest absolute Gasteiger partial charge is 0.220 e. The predicted molar refractivity (Wildman–Crippen MR) is 57.4 cm³/mol. The molecule has 1 aliphatic rings. The number of aromatic nitrogens is 2. The Balaban J connectivity index is 2.03. The minimum atomic E-state index is 0.137. The van der Waals surface area contributed by atoms with Crippen molar-refractivity contribution in [3.63, 3.8) is 0 Å². The van der Waals surface area contributed by atoms with E-state index >= 15 is 0 Å². The normalized spacial score (nSPS) is 21.0. The Labute approximate surface area is 89.7 Å². The maximum Gasteiger partial charge on any atom is 0.220 e. The summed E-state index contributed by atoms with van der Waals surface area (Å²) in [5.74, 6) is 1.01. The lowest BCUT2D eigenvalue weighted by atomic mass is 10.1. The molecule has 0 bridgehead atoms. The zero-order valence-electron chi connectivity index (χ0n) is 9.23. The molecule has 15 heavy (non-hydrogen) atoms. The van der Waals surface area contributed by atoms with Crippen molar-refractivity contribution in [2.75, 3.05) is 6.54 Å². The predicted octanol–water partition coefficient (Wildman–Crippen LogP) is 1.14. The zero-order chi connectivity index (χ0) is 10.8. The first kappa shape index (κ1) is 10.2. The Kier molecular flexibility index (Phi) is 2.75. The van der Waals surface area contributed by atoms with Crippen LogP contribution in [0.2, 0.25) is 0 Å². The zero-order valence-corrected chi connectivity index (χ0v) is 9.23. The van der Waals surface area contributed by atoms with Crippen LogP contribution in [0.25, 0.3) is 0 Å². The summed E-state index contributed by atoms with van der Waals surface area (Å²) < 4.78 is 1.96. The lowest BCUT2D eigenvalue weighted by Gasteiger charge is -2.05. The van der Waals surface area contributed by atoms with Gasteiger partial charge < -0.3 is 5.32 Å². The lowest BCUT2D eigenvalue weighted by Crippen LogP contribution is -2.13. The van der Waals surface area contributed by atoms with Crippen LogP contribution < -0.4 is 5.32 Å². The number of rotatable bonds is 3. The summed E-state index contributed by atoms with van der Waals surface area (Å²) in [7, 11) is 0. The van der Waals surface area contributed by atoms with Gasteiger partial charge >= 0.3 is 0 Å². The van der Waals surface area contributed by atoms with Crippen LogP contribution in [0.3, 0.4) is 0 Å². The fourth-order valence-corrected chi connectivity index (χ4v) is 1.89. The third-order valence-corrected chi connectivity index (χ3v) is 2.61. The molecule has 82 valence electrons. The van der Waals surface area contributed by atoms with Crippen molar-refractivity contribution in [3.8, 4) is 0 Å². The van der Waals surface area contributed by atoms with Gasteiger partial charge in [-0.05, 0) is 12.0 Å². The molecule has 1 amide bonds. The number of hydrogen-bond acceptors (Lipinski definition) is 2. The van der Waals surface area contributed by atoms with Gasteiger partial charge in [-0.3, -0.25) is 9.48 Å². The molecule has 4 nitrogen and oxygen atoms in total. The molecule has 1 aliphatic heterocycles. The molecule has 1 atom stereocenters. The van der Waals surface area contributed by atoms with Crippen molar-refractivity contribution >= 4 is 5.91 Å². The lowest BCUT2D eigenvalue weighted by molar-refractivity contribution is -0.119. The van der Waals surface area contributed by atoms with E-state index in [9.17, 15) is 4.79 Å². The van der Waals surface area contributed by atoms with E-state index in [0.717, 1.165) is 18.8 Å². The van der Waals surface area contributed by atoms with Crippen LogP contribution in [0.4, 0.5) is 0 Å². The monoisotopic (exact) mass is 207 g/mol. The highest BCUT2D eigenvalue weighted by atomic mass is 16.1. The van der Waals surface area contributed by atoms with Gasteiger partial charge in [0.05, 0.1) is 5.69 Å². The first-order valence-corrected chi connectivity index (χ1v) is 5.45. The molecule has 4 heteroatoms. The van der Waals surface area contributed by atoms with Crippen LogP contribution in [0.1, 0.15) is 31.9 Å². The van der Waals surface area contributed by atoms with E-state index in [0.29, 0.717) is 12.3 Å². The second kappa shape index (κ2) is 4.04. The number of hydrogen-bond donors (Lipinski definition) is 1. The van der Waals surface area contributed by atoms with Gasteiger partial charge in [-0.1, -0.05) is 13.8 Å². The Morgan fingerprint density at radius 3 is 3.07 bits per heavy atom. The maximum absolute atomic E-state index is 11.1. The van der Waals surface area contributed by atoms with Gasteiger partial charge in [0.2, 0.25) is 5.91 Å². The highest BCUT2D eigenvalue weighted by Gasteiger charge is 2.24. The average molecular weight is 207 g/mol. The molecule has 1 unspecified atom stereocenters. The number of carbonyl (C=O) groups excluding carboxylic acids is 1. The van der Waals surface area contributed by atoms with E-state index in [1.807, 2.05) is 16.9 Å². The van der Waals surface area contributed by atoms with Crippen molar-refractivity contribution < 1.29 is 4.79 Å². The molecule has 0 spiro atoms. The second-order valence-electron chi connectivity index (χ2n) is 4.56. The van der Waals surface area contributed by atoms with E-state index in [4.69, 9.17) is 0 Å². The molecule has 0 aliphatic carbocycles. The summed E-state index contributed by atoms with van der Waals surface area (Å²) in [5.41, 5.74) is 1.04. The average Bonchev–Trinajstić information content (AvgIpc) is 2.72. The van der Waals surface area contributed by atoms with Crippen LogP contribution in [0, 0.1) is 5.92 Å². The van der Waals surface area contributed by atoms with Gasteiger partial charge in [-0.2, -0.15) is 5.10 Å². The van der Waals surface area contributed by atoms with Gasteiger partial charge in [0.25, 0.3) is 0 Å². The number of carbonyl (C=O) groups is 1. The van der Waals surface area contributed by atoms with E-state index in [2.05, 4.69) is 24.3 Å². The second-order valence-corrected chi connectivity index (χ2v) is 4.56. The van der Waals surface area contributed by atoms with Crippen LogP contribution in [-0.2, 0) is 11.3 Å². The molecule has 1 saturated heterocycles. The molecule has 2 heterocycles. The summed E-state index contributed by atoms with van der Waals surface area (Å²) in [6.45, 7) is 6.01. The molecule has 1 aromatic rings. The van der Waals surface area contributed by atoms with Gasteiger partial charge in [0.1, 0.15) is 0 Å². The molecule has 2 rings (SSSR count). The van der Waals surface area contributed by atoms with Crippen molar-refractivity contribution in [2.24, 2.45) is 5.92 Å². The Morgan fingerprint density at radius 1 is 1.67 bits per heavy atom. The fourth-order valence-electron chi connectivity index (χ4n) is 1.89. The van der Waals surface area contributed by atoms with Gasteiger partial charge in [0.15, 0.2) is 0 Å². The first-order valence-electron chi connectivity index (χ1n) is 5.45. The number of amides is 1. The molecule has 1 fully saturated rings. The van der Waals surface area contributed by atoms with E-state index in [1.54, 1.807) is 0 Å². The minimum absolute atomic E-state index is 0.137. The van der Waals surface area contributed by atoms with Crippen molar-refractivity contribution in [1.29, 1.82) is 0 Å². The molecule has 1 N–H and O–H groups in total. The third kappa shape index (κ3) is 2.37. The van der Waals surface area contributed by atoms with Crippen molar-refractivity contribution in [1.82, 2.24) is 15.1 Å². The number of nitrogens with zero attached hydrogens (tertiary/aromatic N) is 2. The number of nitrogens with one attached hydrogen (secondary N) is 1. The summed E-state index contributed by atoms with van der Waals surface area (Å²) in [6.07, 6.45) is 2.58. The van der Waals surface area contributed by atoms with Crippen molar-refractivity contribution in [2.45, 2.75) is 32.7 Å². The summed E-state index contributed by atoms with van der Waals surface area (Å²) in [5, 5.41) is 7.32. The molecule has 0 radical (unpaired) electrons. The van der Waals surface area contributed by atoms with Crippen LogP contribution in [-0.4, -0.2) is 22.2 Å². The van der Waals surface area contributed by atoms with E-state index < -0.39 is 0 Å². The van der Waals surface area contributed by atoms with E-state index in [-0.39, 0.29) is 11.8 Å². The Bertz CT molecular complexity index is 356. The van der Waals surface area contributed by atoms with Crippen LogP contribution >= 0.6 is 0 Å². The quantitative estimate of drug-likeness (QED) is 0.808. The SMILES string of the molecule is CC(C)Cn1ccc(C2CNC(=O)C2)n1. The summed E-state index contributed by atoms with van der Waals surface area (Å²) in [4.78, 5) is 11.1. The fraction of sp³-hybridized carbons (Fsp3) is 0.636. The Morgan fingerprint density at radius 2 is 2.47 bits per heavy atom. The summed E-state index contributed by atoms with van der Waals surface area (Å²) in [6, 6.07) is 2.02. The standard InChI is InChI=1S/C11H17N3O/c1-8(2)7-14-4-3-10(13-14)9-5-11(15)12-6-9/h3-4,8-9H,5-7H2,1-2H3,(H,12,15). The summed E-state index contributed by atoms with van der Waals surface area (Å²) >= 11 is 0. The Hall–Kier alpha value is -1.32. The molecule has 0 aromatic carbocycles. The van der Waals surface area contributed by atoms with Gasteiger partial charge in [-0.15, -0.1) is 0 Å². The van der Waals surface area contributed by atoms with Crippen molar-refractivity contribution in [3.05, 3.63) is 18.0 Å². The molecule has 0 saturated carbocycles. The first-order chi connectivity index (χ1) is 7.15. The molecule has 1 aromatic heterocycles. The van der Waals surface area contributed by atoms with Gasteiger partial charge in [-0.25, -0.2) is 0 Å². The third-order valence-electron chi connectivity index (χ3n) is 2.61. The largest absolute Gasteiger partial charge is 0.355 e. The molecular formula is C11H17N3O. The van der Waals surface area contributed by atoms with Crippen LogP contribution in [0.5, 0.6) is 0 Å². The highest BCUT2D eigenvalue weighted by molar-refractivity contribution is 5.79. The minimum Gasteiger partial charge on any atom is -0.355 e. The van der Waals surface area contributed by atoms with Crippen LogP contribution in [0.15, 0.2) is 12.3 Å². The molecular weight excluding hydrogens is 190 g/mol.